The van der Waals surface area contributed by atoms with Crippen LogP contribution >= 0.6 is 23.1 Å². The van der Waals surface area contributed by atoms with Crippen molar-refractivity contribution in [3.8, 4) is 0 Å². The van der Waals surface area contributed by atoms with E-state index >= 15 is 0 Å². The molecule has 1 aromatic heterocycles. The van der Waals surface area contributed by atoms with Crippen LogP contribution in [0, 0.1) is 0 Å². The smallest absolute Gasteiger partial charge is 0.241 e. The Labute approximate surface area is 110 Å². The molecule has 0 spiro atoms. The van der Waals surface area contributed by atoms with Crippen molar-refractivity contribution in [1.29, 1.82) is 0 Å². The van der Waals surface area contributed by atoms with Gasteiger partial charge in [0.2, 0.25) is 5.91 Å². The topological polar surface area (TPSA) is 32.3 Å². The van der Waals surface area contributed by atoms with Gasteiger partial charge in [0, 0.05) is 22.5 Å². The average molecular weight is 268 g/mol. The lowest BCUT2D eigenvalue weighted by Crippen LogP contribution is -2.45. The molecule has 1 unspecified atom stereocenters. The van der Waals surface area contributed by atoms with Gasteiger partial charge in [-0.25, -0.2) is 0 Å². The van der Waals surface area contributed by atoms with E-state index in [2.05, 4.69) is 27.7 Å². The molecule has 1 atom stereocenters. The van der Waals surface area contributed by atoms with Gasteiger partial charge >= 0.3 is 0 Å². The van der Waals surface area contributed by atoms with E-state index in [1.165, 1.54) is 17.7 Å². The highest BCUT2D eigenvalue weighted by Crippen LogP contribution is 2.30. The molecule has 3 nitrogen and oxygen atoms in total. The Morgan fingerprint density at radius 1 is 1.53 bits per heavy atom. The van der Waals surface area contributed by atoms with Gasteiger partial charge in [-0.3, -0.25) is 10.1 Å². The van der Waals surface area contributed by atoms with Crippen molar-refractivity contribution in [3.05, 3.63) is 22.4 Å². The van der Waals surface area contributed by atoms with Crippen LogP contribution in [0.2, 0.25) is 0 Å². The van der Waals surface area contributed by atoms with Gasteiger partial charge in [0.1, 0.15) is 0 Å². The fraction of sp³-hybridized carbons (Fsp3) is 0.583. The lowest BCUT2D eigenvalue weighted by atomic mass is 10.2. The predicted molar refractivity (Wildman–Crippen MR) is 72.1 cm³/mol. The molecular weight excluding hydrogens is 252 g/mol. The third kappa shape index (κ3) is 2.67. The molecular formula is C12H16N2OS2. The Morgan fingerprint density at radius 2 is 2.41 bits per heavy atom. The number of rotatable bonds is 4. The van der Waals surface area contributed by atoms with E-state index in [0.717, 1.165) is 18.2 Å². The van der Waals surface area contributed by atoms with Crippen LogP contribution < -0.4 is 5.32 Å². The monoisotopic (exact) mass is 268 g/mol. The quantitative estimate of drug-likeness (QED) is 0.905. The molecule has 5 heteroatoms. The second-order valence-corrected chi connectivity index (χ2v) is 6.61. The molecule has 2 aliphatic rings. The van der Waals surface area contributed by atoms with Crippen LogP contribution in [0.5, 0.6) is 0 Å². The number of carbonyl (C=O) groups is 1. The number of nitrogens with one attached hydrogen (secondary N) is 1. The van der Waals surface area contributed by atoms with Gasteiger partial charge in [-0.05, 0) is 24.3 Å². The molecule has 2 heterocycles. The molecule has 1 aromatic rings. The summed E-state index contributed by atoms with van der Waals surface area (Å²) in [4.78, 5) is 15.8. The van der Waals surface area contributed by atoms with Gasteiger partial charge < -0.3 is 4.90 Å². The van der Waals surface area contributed by atoms with E-state index in [0.29, 0.717) is 11.9 Å². The fourth-order valence-corrected chi connectivity index (χ4v) is 3.73. The summed E-state index contributed by atoms with van der Waals surface area (Å²) in [6.07, 6.45) is 2.36. The minimum absolute atomic E-state index is 0.0422. The Hall–Kier alpha value is -0.520. The summed E-state index contributed by atoms with van der Waals surface area (Å²) < 4.78 is 0. The number of carbonyl (C=O) groups excluding carboxylic acids is 1. The number of thioether (sulfide) groups is 1. The predicted octanol–water partition coefficient (Wildman–Crippen LogP) is 1.90. The Kier molecular flexibility index (Phi) is 3.40. The summed E-state index contributed by atoms with van der Waals surface area (Å²) in [6, 6.07) is 4.71. The Balaban J connectivity index is 1.68. The minimum Gasteiger partial charge on any atom is -0.333 e. The number of hydrogen-bond donors (Lipinski definition) is 1. The number of thiophene rings is 1. The summed E-state index contributed by atoms with van der Waals surface area (Å²) in [5.41, 5.74) is 0. The Morgan fingerprint density at radius 3 is 3.00 bits per heavy atom. The summed E-state index contributed by atoms with van der Waals surface area (Å²) >= 11 is 3.55. The molecule has 92 valence electrons. The van der Waals surface area contributed by atoms with E-state index in [9.17, 15) is 4.79 Å². The molecule has 1 aliphatic heterocycles. The van der Waals surface area contributed by atoms with Crippen molar-refractivity contribution >= 4 is 29.0 Å². The van der Waals surface area contributed by atoms with Crippen LogP contribution in [0.4, 0.5) is 0 Å². The summed E-state index contributed by atoms with van der Waals surface area (Å²) in [5, 5.41) is 5.35. The maximum atomic E-state index is 12.4. The largest absolute Gasteiger partial charge is 0.333 e. The lowest BCUT2D eigenvalue weighted by molar-refractivity contribution is -0.133. The summed E-state index contributed by atoms with van der Waals surface area (Å²) in [7, 11) is 0. The first-order valence-corrected chi connectivity index (χ1v) is 8.02. The molecule has 0 bridgehead atoms. The fourth-order valence-electron chi connectivity index (χ4n) is 2.10. The second kappa shape index (κ2) is 5.00. The van der Waals surface area contributed by atoms with E-state index in [-0.39, 0.29) is 6.04 Å². The van der Waals surface area contributed by atoms with Gasteiger partial charge in [-0.2, -0.15) is 0 Å². The molecule has 1 amide bonds. The zero-order valence-electron chi connectivity index (χ0n) is 9.59. The molecule has 17 heavy (non-hydrogen) atoms. The summed E-state index contributed by atoms with van der Waals surface area (Å²) in [6.45, 7) is 0.796. The van der Waals surface area contributed by atoms with Crippen LogP contribution in [0.25, 0.3) is 0 Å². The molecule has 0 aromatic carbocycles. The highest BCUT2D eigenvalue weighted by molar-refractivity contribution is 7.99. The maximum absolute atomic E-state index is 12.4. The van der Waals surface area contributed by atoms with Crippen molar-refractivity contribution in [3.63, 3.8) is 0 Å². The number of nitrogens with zero attached hydrogens (tertiary/aromatic N) is 1. The molecule has 1 saturated heterocycles. The first-order valence-electron chi connectivity index (χ1n) is 5.98. The van der Waals surface area contributed by atoms with Crippen molar-refractivity contribution in [2.24, 2.45) is 0 Å². The third-order valence-corrected chi connectivity index (χ3v) is 4.99. The van der Waals surface area contributed by atoms with Crippen molar-refractivity contribution in [1.82, 2.24) is 10.2 Å². The SMILES string of the molecule is O=C(C1CSCN1)N(Cc1cccs1)C1CC1. The zero-order valence-corrected chi connectivity index (χ0v) is 11.2. The lowest BCUT2D eigenvalue weighted by Gasteiger charge is -2.24. The molecule has 1 aliphatic carbocycles. The number of amides is 1. The van der Waals surface area contributed by atoms with Gasteiger partial charge in [0.15, 0.2) is 0 Å². The molecule has 0 radical (unpaired) electrons. The third-order valence-electron chi connectivity index (χ3n) is 3.19. The van der Waals surface area contributed by atoms with Crippen molar-refractivity contribution < 1.29 is 4.79 Å². The van der Waals surface area contributed by atoms with Gasteiger partial charge in [-0.15, -0.1) is 23.1 Å². The van der Waals surface area contributed by atoms with Crippen LogP contribution in [0.15, 0.2) is 17.5 Å². The van der Waals surface area contributed by atoms with Gasteiger partial charge in [-0.1, -0.05) is 6.07 Å². The van der Waals surface area contributed by atoms with Crippen LogP contribution in [-0.2, 0) is 11.3 Å². The van der Waals surface area contributed by atoms with E-state index in [1.54, 1.807) is 11.3 Å². The Bertz CT molecular complexity index is 383. The van der Waals surface area contributed by atoms with Crippen molar-refractivity contribution in [2.45, 2.75) is 31.5 Å². The zero-order chi connectivity index (χ0) is 11.7. The highest BCUT2D eigenvalue weighted by Gasteiger charge is 2.36. The maximum Gasteiger partial charge on any atom is 0.241 e. The second-order valence-electron chi connectivity index (χ2n) is 4.55. The molecule has 1 N–H and O–H groups in total. The minimum atomic E-state index is 0.0422. The average Bonchev–Trinajstić information content (AvgIpc) is 2.86. The van der Waals surface area contributed by atoms with Crippen molar-refractivity contribution in [2.75, 3.05) is 11.6 Å². The highest BCUT2D eigenvalue weighted by atomic mass is 32.2. The first-order chi connectivity index (χ1) is 8.34. The number of hydrogen-bond acceptors (Lipinski definition) is 4. The van der Waals surface area contributed by atoms with Gasteiger partial charge in [0.25, 0.3) is 0 Å². The normalized spacial score (nSPS) is 23.9. The van der Waals surface area contributed by atoms with E-state index in [1.807, 2.05) is 11.8 Å². The van der Waals surface area contributed by atoms with Crippen LogP contribution in [0.3, 0.4) is 0 Å². The van der Waals surface area contributed by atoms with Gasteiger partial charge in [0.05, 0.1) is 12.6 Å². The molecule has 3 rings (SSSR count). The standard InChI is InChI=1S/C12H16N2OS2/c15-12(11-7-16-8-13-11)14(9-3-4-9)6-10-2-1-5-17-10/h1-2,5,9,11,13H,3-4,6-8H2. The van der Waals surface area contributed by atoms with Crippen LogP contribution in [0.1, 0.15) is 17.7 Å². The van der Waals surface area contributed by atoms with Crippen LogP contribution in [-0.4, -0.2) is 34.5 Å². The molecule has 2 fully saturated rings. The first kappa shape index (κ1) is 11.6. The van der Waals surface area contributed by atoms with E-state index in [4.69, 9.17) is 0 Å². The molecule has 1 saturated carbocycles. The van der Waals surface area contributed by atoms with E-state index < -0.39 is 0 Å². The summed E-state index contributed by atoms with van der Waals surface area (Å²) in [5.74, 6) is 2.13.